The van der Waals surface area contributed by atoms with Gasteiger partial charge in [-0.15, -0.1) is 0 Å². The number of aryl methyl sites for hydroxylation is 1. The van der Waals surface area contributed by atoms with Gasteiger partial charge in [0.25, 0.3) is 11.1 Å². The van der Waals surface area contributed by atoms with Gasteiger partial charge in [0, 0.05) is 35.3 Å². The number of anilines is 1. The summed E-state index contributed by atoms with van der Waals surface area (Å²) in [5.41, 5.74) is 3.46. The van der Waals surface area contributed by atoms with E-state index in [4.69, 9.17) is 11.6 Å². The van der Waals surface area contributed by atoms with Crippen molar-refractivity contribution in [1.29, 1.82) is 0 Å². The average Bonchev–Trinajstić information content (AvgIpc) is 3.20. The molecule has 0 saturated carbocycles. The first kappa shape index (κ1) is 24.7. The topological polar surface area (TPSA) is 62.6 Å². The molecule has 0 N–H and O–H groups in total. The number of amides is 3. The molecule has 3 amide bonds. The Morgan fingerprint density at radius 1 is 1.03 bits per heavy atom. The molecular weight excluding hydrogens is 494 g/mol. The van der Waals surface area contributed by atoms with Gasteiger partial charge in [0.05, 0.1) is 16.1 Å². The zero-order chi connectivity index (χ0) is 25.2. The first-order chi connectivity index (χ1) is 17.5. The van der Waals surface area contributed by atoms with Crippen LogP contribution in [0, 0.1) is 0 Å². The minimum absolute atomic E-state index is 0.120. The van der Waals surface area contributed by atoms with E-state index in [1.807, 2.05) is 27.8 Å². The number of fused-ring (bicyclic) bond motifs is 1. The third-order valence-corrected chi connectivity index (χ3v) is 7.94. The summed E-state index contributed by atoms with van der Waals surface area (Å²) >= 11 is 6.89. The van der Waals surface area contributed by atoms with Crippen molar-refractivity contribution in [2.75, 3.05) is 18.0 Å². The van der Waals surface area contributed by atoms with Crippen LogP contribution in [0.3, 0.4) is 0 Å². The predicted molar refractivity (Wildman–Crippen MR) is 146 cm³/mol. The number of carbonyl (C=O) groups is 3. The van der Waals surface area contributed by atoms with Crippen molar-refractivity contribution in [3.05, 3.63) is 69.7 Å². The number of aromatic nitrogens is 1. The van der Waals surface area contributed by atoms with Gasteiger partial charge in [-0.05, 0) is 66.9 Å². The SMILES string of the molecule is CCc1cccc2c(/C=C3\SC(=O)N(c4ccc(Cl)cc4)C3=O)cn(CC(=O)N3CCCCCC3)c12. The summed E-state index contributed by atoms with van der Waals surface area (Å²) in [6.07, 6.45) is 8.98. The van der Waals surface area contributed by atoms with Crippen LogP contribution >= 0.6 is 23.4 Å². The number of hydrogen-bond acceptors (Lipinski definition) is 4. The molecule has 3 aromatic rings. The van der Waals surface area contributed by atoms with Crippen LogP contribution in [0.2, 0.25) is 5.02 Å². The molecule has 2 saturated heterocycles. The molecule has 0 spiro atoms. The van der Waals surface area contributed by atoms with E-state index in [-0.39, 0.29) is 23.6 Å². The smallest absolute Gasteiger partial charge is 0.298 e. The van der Waals surface area contributed by atoms with E-state index in [0.717, 1.165) is 66.1 Å². The fraction of sp³-hybridized carbons (Fsp3) is 0.321. The zero-order valence-electron chi connectivity index (χ0n) is 20.2. The number of imide groups is 1. The summed E-state index contributed by atoms with van der Waals surface area (Å²) < 4.78 is 2.01. The maximum absolute atomic E-state index is 13.2. The summed E-state index contributed by atoms with van der Waals surface area (Å²) in [6, 6.07) is 12.7. The number of rotatable bonds is 5. The molecule has 2 aliphatic heterocycles. The van der Waals surface area contributed by atoms with E-state index >= 15 is 0 Å². The van der Waals surface area contributed by atoms with Crippen LogP contribution in [0.1, 0.15) is 43.7 Å². The minimum atomic E-state index is -0.361. The normalized spacial score (nSPS) is 17.9. The molecule has 2 aliphatic rings. The van der Waals surface area contributed by atoms with Gasteiger partial charge in [-0.1, -0.05) is 49.6 Å². The summed E-state index contributed by atoms with van der Waals surface area (Å²) in [5, 5.41) is 1.16. The molecule has 0 atom stereocenters. The highest BCUT2D eigenvalue weighted by Gasteiger charge is 2.36. The van der Waals surface area contributed by atoms with Crippen LogP contribution in [0.15, 0.2) is 53.6 Å². The van der Waals surface area contributed by atoms with E-state index in [1.54, 1.807) is 30.3 Å². The van der Waals surface area contributed by atoms with Gasteiger partial charge in [0.15, 0.2) is 0 Å². The highest BCUT2D eigenvalue weighted by atomic mass is 35.5. The Kier molecular flexibility index (Phi) is 7.21. The molecule has 5 rings (SSSR count). The number of hydrogen-bond donors (Lipinski definition) is 0. The maximum atomic E-state index is 13.2. The second-order valence-electron chi connectivity index (χ2n) is 9.17. The van der Waals surface area contributed by atoms with Gasteiger partial charge < -0.3 is 9.47 Å². The molecule has 3 heterocycles. The molecule has 36 heavy (non-hydrogen) atoms. The van der Waals surface area contributed by atoms with Crippen LogP contribution < -0.4 is 4.90 Å². The number of likely N-dealkylation sites (tertiary alicyclic amines) is 1. The monoisotopic (exact) mass is 521 g/mol. The molecule has 2 fully saturated rings. The fourth-order valence-electron chi connectivity index (χ4n) is 4.98. The third-order valence-electron chi connectivity index (χ3n) is 6.82. The van der Waals surface area contributed by atoms with Gasteiger partial charge in [-0.25, -0.2) is 4.90 Å². The summed E-state index contributed by atoms with van der Waals surface area (Å²) in [6.45, 7) is 3.97. The van der Waals surface area contributed by atoms with E-state index in [9.17, 15) is 14.4 Å². The molecule has 186 valence electrons. The largest absolute Gasteiger partial charge is 0.341 e. The van der Waals surface area contributed by atoms with E-state index in [0.29, 0.717) is 15.6 Å². The van der Waals surface area contributed by atoms with Crippen LogP contribution in [-0.2, 0) is 22.6 Å². The Labute approximate surface area is 219 Å². The van der Waals surface area contributed by atoms with Crippen molar-refractivity contribution in [3.8, 4) is 0 Å². The third kappa shape index (κ3) is 4.82. The predicted octanol–water partition coefficient (Wildman–Crippen LogP) is 6.50. The first-order valence-electron chi connectivity index (χ1n) is 12.4. The molecular formula is C28H28ClN3O3S. The molecule has 8 heteroatoms. The van der Waals surface area contributed by atoms with Crippen molar-refractivity contribution >= 4 is 63.1 Å². The van der Waals surface area contributed by atoms with Crippen molar-refractivity contribution in [1.82, 2.24) is 9.47 Å². The lowest BCUT2D eigenvalue weighted by molar-refractivity contribution is -0.131. The van der Waals surface area contributed by atoms with Crippen LogP contribution in [0.25, 0.3) is 17.0 Å². The van der Waals surface area contributed by atoms with Gasteiger partial charge in [-0.2, -0.15) is 0 Å². The van der Waals surface area contributed by atoms with Gasteiger partial charge in [0.2, 0.25) is 5.91 Å². The van der Waals surface area contributed by atoms with Crippen LogP contribution in [0.5, 0.6) is 0 Å². The molecule has 0 aliphatic carbocycles. The lowest BCUT2D eigenvalue weighted by atomic mass is 10.1. The molecule has 1 aromatic heterocycles. The van der Waals surface area contributed by atoms with Crippen molar-refractivity contribution in [2.24, 2.45) is 0 Å². The first-order valence-corrected chi connectivity index (χ1v) is 13.6. The number of halogens is 1. The highest BCUT2D eigenvalue weighted by Crippen LogP contribution is 2.37. The summed E-state index contributed by atoms with van der Waals surface area (Å²) in [7, 11) is 0. The molecule has 2 aromatic carbocycles. The van der Waals surface area contributed by atoms with Crippen molar-refractivity contribution < 1.29 is 14.4 Å². The number of benzene rings is 2. The Morgan fingerprint density at radius 3 is 2.44 bits per heavy atom. The molecule has 0 radical (unpaired) electrons. The van der Waals surface area contributed by atoms with E-state index in [1.165, 1.54) is 17.7 Å². The quantitative estimate of drug-likeness (QED) is 0.359. The standard InChI is InChI=1S/C28H28ClN3O3S/c1-2-19-8-7-9-23-20(17-31(26(19)23)18-25(33)30-14-5-3-4-6-15-30)16-24-27(34)32(28(35)36-24)22-12-10-21(29)11-13-22/h7-13,16-17H,2-6,14-15,18H2,1H3/b24-16-. The Hall–Kier alpha value is -3.03. The van der Waals surface area contributed by atoms with Crippen molar-refractivity contribution in [2.45, 2.75) is 45.6 Å². The average molecular weight is 522 g/mol. The Morgan fingerprint density at radius 2 is 1.75 bits per heavy atom. The number of thioether (sulfide) groups is 1. The lowest BCUT2D eigenvalue weighted by Crippen LogP contribution is -2.34. The van der Waals surface area contributed by atoms with Crippen molar-refractivity contribution in [3.63, 3.8) is 0 Å². The minimum Gasteiger partial charge on any atom is -0.341 e. The van der Waals surface area contributed by atoms with Crippen LogP contribution in [0.4, 0.5) is 10.5 Å². The second kappa shape index (κ2) is 10.5. The Bertz CT molecular complexity index is 1350. The maximum Gasteiger partial charge on any atom is 0.298 e. The highest BCUT2D eigenvalue weighted by molar-refractivity contribution is 8.19. The second-order valence-corrected chi connectivity index (χ2v) is 10.6. The van der Waals surface area contributed by atoms with Gasteiger partial charge in [-0.3, -0.25) is 14.4 Å². The number of carbonyl (C=O) groups excluding carboxylic acids is 3. The van der Waals surface area contributed by atoms with E-state index < -0.39 is 0 Å². The molecule has 6 nitrogen and oxygen atoms in total. The Balaban J connectivity index is 1.49. The van der Waals surface area contributed by atoms with Gasteiger partial charge in [0.1, 0.15) is 6.54 Å². The zero-order valence-corrected chi connectivity index (χ0v) is 21.8. The molecule has 0 bridgehead atoms. The molecule has 0 unspecified atom stereocenters. The van der Waals surface area contributed by atoms with Crippen LogP contribution in [-0.4, -0.2) is 39.6 Å². The summed E-state index contributed by atoms with van der Waals surface area (Å²) in [4.78, 5) is 42.6. The summed E-state index contributed by atoms with van der Waals surface area (Å²) in [5.74, 6) is -0.241. The van der Waals surface area contributed by atoms with Gasteiger partial charge >= 0.3 is 0 Å². The lowest BCUT2D eigenvalue weighted by Gasteiger charge is -2.21. The fourth-order valence-corrected chi connectivity index (χ4v) is 5.94. The van der Waals surface area contributed by atoms with E-state index in [2.05, 4.69) is 13.0 Å². The number of para-hydroxylation sites is 1. The number of nitrogens with zero attached hydrogens (tertiary/aromatic N) is 3.